The van der Waals surface area contributed by atoms with E-state index < -0.39 is 0 Å². The number of hydrogen-bond donors (Lipinski definition) is 1. The zero-order chi connectivity index (χ0) is 19.0. The van der Waals surface area contributed by atoms with Crippen LogP contribution in [0.25, 0.3) is 11.0 Å². The highest BCUT2D eigenvalue weighted by molar-refractivity contribution is 6.28. The fraction of sp³-hybridized carbons (Fsp3) is 0.263. The number of aromatic nitrogens is 4. The summed E-state index contributed by atoms with van der Waals surface area (Å²) in [5.41, 5.74) is 3.49. The second-order valence-corrected chi connectivity index (χ2v) is 7.04. The molecule has 0 radical (unpaired) electrons. The summed E-state index contributed by atoms with van der Waals surface area (Å²) >= 11 is 5.90. The van der Waals surface area contributed by atoms with Gasteiger partial charge >= 0.3 is 0 Å². The number of rotatable bonds is 4. The van der Waals surface area contributed by atoms with Crippen molar-refractivity contribution in [2.24, 2.45) is 0 Å². The lowest BCUT2D eigenvalue weighted by Crippen LogP contribution is -2.32. The maximum absolute atomic E-state index is 9.19. The number of nitrogens with zero attached hydrogens (tertiary/aromatic N) is 6. The van der Waals surface area contributed by atoms with Crippen molar-refractivity contribution in [1.29, 1.82) is 5.26 Å². The van der Waals surface area contributed by atoms with Crippen LogP contribution in [0.2, 0.25) is 5.28 Å². The average molecular weight is 380 g/mol. The first-order valence-electron chi connectivity index (χ1n) is 8.64. The van der Waals surface area contributed by atoms with Crippen molar-refractivity contribution >= 4 is 22.6 Å². The van der Waals surface area contributed by atoms with E-state index in [1.807, 2.05) is 10.9 Å². The Balaban J connectivity index is 1.56. The third-order valence-electron chi connectivity index (χ3n) is 4.56. The van der Waals surface area contributed by atoms with Crippen LogP contribution in [0, 0.1) is 11.3 Å². The molecule has 1 unspecified atom stereocenters. The summed E-state index contributed by atoms with van der Waals surface area (Å²) in [7, 11) is 0. The van der Waals surface area contributed by atoms with Crippen molar-refractivity contribution in [1.82, 2.24) is 30.0 Å². The summed E-state index contributed by atoms with van der Waals surface area (Å²) in [6.45, 7) is 4.80. The molecular formula is C19H18ClN7. The van der Waals surface area contributed by atoms with Crippen LogP contribution in [0.1, 0.15) is 31.1 Å². The third kappa shape index (κ3) is 3.32. The lowest BCUT2D eigenvalue weighted by molar-refractivity contribution is 0.233. The van der Waals surface area contributed by atoms with Gasteiger partial charge in [0.05, 0.1) is 18.1 Å². The molecule has 0 saturated heterocycles. The van der Waals surface area contributed by atoms with Gasteiger partial charge in [0.25, 0.3) is 0 Å². The van der Waals surface area contributed by atoms with Crippen LogP contribution < -0.4 is 5.32 Å². The summed E-state index contributed by atoms with van der Waals surface area (Å²) in [4.78, 5) is 10.4. The van der Waals surface area contributed by atoms with Crippen LogP contribution in [-0.4, -0.2) is 30.7 Å². The molecule has 1 aromatic carbocycles. The molecule has 1 N–H and O–H groups in total. The number of fused-ring (bicyclic) bond motifs is 1. The maximum Gasteiger partial charge on any atom is 0.224 e. The lowest BCUT2D eigenvalue weighted by atomic mass is 10.1. The minimum absolute atomic E-state index is 0.0363. The largest absolute Gasteiger partial charge is 0.352 e. The molecule has 4 rings (SSSR count). The van der Waals surface area contributed by atoms with Gasteiger partial charge in [-0.2, -0.15) is 15.3 Å². The molecular weight excluding hydrogens is 362 g/mol. The Labute approximate surface area is 161 Å². The second-order valence-electron chi connectivity index (χ2n) is 6.70. The summed E-state index contributed by atoms with van der Waals surface area (Å²) in [6, 6.07) is 10.7. The van der Waals surface area contributed by atoms with Gasteiger partial charge in [-0.15, -0.1) is 0 Å². The minimum Gasteiger partial charge on any atom is -0.352 e. The third-order valence-corrected chi connectivity index (χ3v) is 4.74. The molecule has 2 aromatic heterocycles. The van der Waals surface area contributed by atoms with Gasteiger partial charge in [-0.1, -0.05) is 24.3 Å². The van der Waals surface area contributed by atoms with Gasteiger partial charge in [-0.3, -0.25) is 0 Å². The van der Waals surface area contributed by atoms with Crippen molar-refractivity contribution in [3.05, 3.63) is 65.0 Å². The van der Waals surface area contributed by atoms with E-state index >= 15 is 0 Å². The molecule has 0 amide bonds. The average Bonchev–Trinajstić information content (AvgIpc) is 3.27. The Morgan fingerprint density at radius 1 is 1.26 bits per heavy atom. The van der Waals surface area contributed by atoms with Crippen molar-refractivity contribution in [2.75, 3.05) is 0 Å². The number of benzene rings is 1. The van der Waals surface area contributed by atoms with Crippen LogP contribution >= 0.6 is 11.6 Å². The maximum atomic E-state index is 9.19. The van der Waals surface area contributed by atoms with E-state index in [1.54, 1.807) is 12.4 Å². The highest BCUT2D eigenvalue weighted by atomic mass is 35.5. The van der Waals surface area contributed by atoms with Gasteiger partial charge in [-0.25, -0.2) is 9.67 Å². The number of nitriles is 1. The first-order valence-corrected chi connectivity index (χ1v) is 9.02. The van der Waals surface area contributed by atoms with E-state index in [1.165, 1.54) is 0 Å². The first kappa shape index (κ1) is 17.3. The van der Waals surface area contributed by atoms with E-state index in [2.05, 4.69) is 69.5 Å². The van der Waals surface area contributed by atoms with Gasteiger partial charge in [0, 0.05) is 18.4 Å². The summed E-state index contributed by atoms with van der Waals surface area (Å²) in [5.74, 6) is 0. The number of hydrogen-bond acceptors (Lipinski definition) is 6. The van der Waals surface area contributed by atoms with Crippen LogP contribution in [0.5, 0.6) is 0 Å². The number of allylic oxidation sites excluding steroid dienone is 1. The molecule has 27 heavy (non-hydrogen) atoms. The molecule has 1 aliphatic heterocycles. The highest BCUT2D eigenvalue weighted by Gasteiger charge is 2.26. The van der Waals surface area contributed by atoms with Gasteiger partial charge < -0.3 is 10.2 Å². The molecule has 0 fully saturated rings. The quantitative estimate of drug-likeness (QED) is 0.701. The summed E-state index contributed by atoms with van der Waals surface area (Å²) < 4.78 is 1.81. The molecule has 0 spiro atoms. The van der Waals surface area contributed by atoms with Gasteiger partial charge in [0.1, 0.15) is 17.9 Å². The molecule has 3 heterocycles. The van der Waals surface area contributed by atoms with Gasteiger partial charge in [0.2, 0.25) is 5.28 Å². The Kier molecular flexibility index (Phi) is 4.42. The lowest BCUT2D eigenvalue weighted by Gasteiger charge is -2.29. The van der Waals surface area contributed by atoms with E-state index in [4.69, 9.17) is 11.6 Å². The molecule has 0 saturated carbocycles. The summed E-state index contributed by atoms with van der Waals surface area (Å²) in [5, 5.41) is 17.9. The Hall–Kier alpha value is -3.11. The fourth-order valence-electron chi connectivity index (χ4n) is 3.19. The fourth-order valence-corrected chi connectivity index (χ4v) is 3.32. The Morgan fingerprint density at radius 2 is 2.04 bits per heavy atom. The summed E-state index contributed by atoms with van der Waals surface area (Å²) in [6.07, 6.45) is 5.25. The SMILES string of the molecule is CC(C)N1C=C(C#N)NC1c1ccc(Cn2ncc3cnc(Cl)nc32)cc1. The molecule has 0 aliphatic carbocycles. The van der Waals surface area contributed by atoms with Gasteiger partial charge in [0.15, 0.2) is 5.65 Å². The van der Waals surface area contributed by atoms with E-state index in [9.17, 15) is 5.26 Å². The molecule has 8 heteroatoms. The molecule has 136 valence electrons. The van der Waals surface area contributed by atoms with Crippen LogP contribution in [-0.2, 0) is 6.54 Å². The molecule has 1 aliphatic rings. The predicted octanol–water partition coefficient (Wildman–Crippen LogP) is 3.21. The number of nitrogens with one attached hydrogen (secondary N) is 1. The van der Waals surface area contributed by atoms with E-state index in [0.717, 1.165) is 16.5 Å². The molecule has 7 nitrogen and oxygen atoms in total. The highest BCUT2D eigenvalue weighted by Crippen LogP contribution is 2.27. The monoisotopic (exact) mass is 379 g/mol. The predicted molar refractivity (Wildman–Crippen MR) is 102 cm³/mol. The van der Waals surface area contributed by atoms with E-state index in [0.29, 0.717) is 17.9 Å². The Bertz CT molecular complexity index is 1050. The standard InChI is InChI=1S/C19H18ClN7/c1-12(2)26-11-16(7-21)24-17(26)14-5-3-13(4-6-14)10-27-18-15(9-23-27)8-22-19(20)25-18/h3-6,8-9,11-12,17,24H,10H2,1-2H3. The smallest absolute Gasteiger partial charge is 0.224 e. The first-order chi connectivity index (χ1) is 13.0. The van der Waals surface area contributed by atoms with Crippen LogP contribution in [0.3, 0.4) is 0 Å². The van der Waals surface area contributed by atoms with Crippen molar-refractivity contribution < 1.29 is 0 Å². The van der Waals surface area contributed by atoms with Crippen molar-refractivity contribution in [2.45, 2.75) is 32.6 Å². The zero-order valence-electron chi connectivity index (χ0n) is 15.0. The Morgan fingerprint density at radius 3 is 2.74 bits per heavy atom. The molecule has 3 aromatic rings. The van der Waals surface area contributed by atoms with Crippen LogP contribution in [0.15, 0.2) is 48.6 Å². The topological polar surface area (TPSA) is 82.7 Å². The minimum atomic E-state index is -0.0363. The zero-order valence-corrected chi connectivity index (χ0v) is 15.7. The number of halogens is 1. The van der Waals surface area contributed by atoms with Crippen molar-refractivity contribution in [3.8, 4) is 6.07 Å². The van der Waals surface area contributed by atoms with Gasteiger partial charge in [-0.05, 0) is 36.6 Å². The van der Waals surface area contributed by atoms with E-state index in [-0.39, 0.29) is 17.5 Å². The van der Waals surface area contributed by atoms with Crippen molar-refractivity contribution in [3.63, 3.8) is 0 Å². The molecule has 1 atom stereocenters. The van der Waals surface area contributed by atoms with Crippen LogP contribution in [0.4, 0.5) is 0 Å². The molecule has 0 bridgehead atoms. The second kappa shape index (κ2) is 6.89. The normalized spacial score (nSPS) is 16.5.